The Hall–Kier alpha value is -1.73. The van der Waals surface area contributed by atoms with Crippen LogP contribution in [0, 0.1) is 5.92 Å². The SMILES string of the molecule is CC1CC2CCCCC2N1c1ncnc2c1ncn2CC1(O)CCOC1. The lowest BCUT2D eigenvalue weighted by Crippen LogP contribution is -2.38. The molecule has 0 bridgehead atoms. The number of hydrogen-bond acceptors (Lipinski definition) is 6. The fraction of sp³-hybridized carbons (Fsp3) is 0.737. The number of imidazole rings is 1. The molecule has 7 nitrogen and oxygen atoms in total. The summed E-state index contributed by atoms with van der Waals surface area (Å²) in [5, 5.41) is 10.7. The molecular formula is C19H27N5O2. The van der Waals surface area contributed by atoms with E-state index >= 15 is 0 Å². The third-order valence-corrected chi connectivity index (χ3v) is 6.52. The van der Waals surface area contributed by atoms with E-state index < -0.39 is 5.60 Å². The van der Waals surface area contributed by atoms with E-state index in [9.17, 15) is 5.11 Å². The monoisotopic (exact) mass is 357 g/mol. The molecule has 0 spiro atoms. The van der Waals surface area contributed by atoms with Gasteiger partial charge in [0.25, 0.3) is 0 Å². The highest BCUT2D eigenvalue weighted by Crippen LogP contribution is 2.42. The van der Waals surface area contributed by atoms with E-state index in [1.165, 1.54) is 32.1 Å². The minimum atomic E-state index is -0.825. The molecule has 0 aromatic carbocycles. The van der Waals surface area contributed by atoms with E-state index in [0.717, 1.165) is 22.9 Å². The van der Waals surface area contributed by atoms with Crippen LogP contribution in [0.15, 0.2) is 12.7 Å². The zero-order valence-electron chi connectivity index (χ0n) is 15.3. The topological polar surface area (TPSA) is 76.3 Å². The smallest absolute Gasteiger partial charge is 0.165 e. The van der Waals surface area contributed by atoms with Gasteiger partial charge in [0, 0.05) is 25.1 Å². The molecule has 0 radical (unpaired) electrons. The number of aliphatic hydroxyl groups is 1. The van der Waals surface area contributed by atoms with Gasteiger partial charge in [0.15, 0.2) is 17.0 Å². The summed E-state index contributed by atoms with van der Waals surface area (Å²) in [6.45, 7) is 3.75. The fourth-order valence-corrected chi connectivity index (χ4v) is 5.28. The van der Waals surface area contributed by atoms with Crippen LogP contribution in [0.4, 0.5) is 5.82 Å². The van der Waals surface area contributed by atoms with Gasteiger partial charge in [-0.15, -0.1) is 0 Å². The number of aromatic nitrogens is 4. The van der Waals surface area contributed by atoms with Crippen molar-refractivity contribution in [2.45, 2.75) is 69.7 Å². The lowest BCUT2D eigenvalue weighted by molar-refractivity contribution is 0.0126. The van der Waals surface area contributed by atoms with Crippen LogP contribution in [0.1, 0.15) is 45.4 Å². The summed E-state index contributed by atoms with van der Waals surface area (Å²) in [6.07, 6.45) is 10.6. The Balaban J connectivity index is 1.51. The van der Waals surface area contributed by atoms with Gasteiger partial charge in [0.1, 0.15) is 11.9 Å². The number of ether oxygens (including phenoxy) is 1. The van der Waals surface area contributed by atoms with Crippen molar-refractivity contribution < 1.29 is 9.84 Å². The van der Waals surface area contributed by atoms with Crippen LogP contribution < -0.4 is 4.90 Å². The average Bonchev–Trinajstić information content (AvgIpc) is 3.32. The second-order valence-corrected chi connectivity index (χ2v) is 8.37. The molecule has 4 atom stereocenters. The fourth-order valence-electron chi connectivity index (χ4n) is 5.28. The number of rotatable bonds is 3. The first-order valence-corrected chi connectivity index (χ1v) is 9.89. The first-order valence-electron chi connectivity index (χ1n) is 9.89. The molecule has 2 aromatic rings. The van der Waals surface area contributed by atoms with Crippen LogP contribution in [-0.2, 0) is 11.3 Å². The number of anilines is 1. The van der Waals surface area contributed by atoms with Crippen molar-refractivity contribution in [3.8, 4) is 0 Å². The molecule has 3 fully saturated rings. The molecule has 2 aromatic heterocycles. The normalized spacial score (nSPS) is 34.5. The van der Waals surface area contributed by atoms with Crippen molar-refractivity contribution in [3.63, 3.8) is 0 Å². The van der Waals surface area contributed by atoms with Gasteiger partial charge in [-0.1, -0.05) is 12.8 Å². The van der Waals surface area contributed by atoms with Gasteiger partial charge in [-0.05, 0) is 32.1 Å². The molecule has 2 saturated heterocycles. The lowest BCUT2D eigenvalue weighted by atomic mass is 9.85. The molecule has 4 heterocycles. The van der Waals surface area contributed by atoms with Crippen LogP contribution in [0.25, 0.3) is 11.2 Å². The summed E-state index contributed by atoms with van der Waals surface area (Å²) in [6, 6.07) is 1.06. The maximum atomic E-state index is 10.7. The van der Waals surface area contributed by atoms with Gasteiger partial charge >= 0.3 is 0 Å². The van der Waals surface area contributed by atoms with E-state index in [4.69, 9.17) is 4.74 Å². The van der Waals surface area contributed by atoms with Crippen molar-refractivity contribution in [3.05, 3.63) is 12.7 Å². The first kappa shape index (κ1) is 16.4. The Labute approximate surface area is 153 Å². The number of hydrogen-bond donors (Lipinski definition) is 1. The summed E-state index contributed by atoms with van der Waals surface area (Å²) in [5.74, 6) is 1.74. The second-order valence-electron chi connectivity index (χ2n) is 8.37. The van der Waals surface area contributed by atoms with Gasteiger partial charge in [-0.3, -0.25) is 0 Å². The van der Waals surface area contributed by atoms with Gasteiger partial charge < -0.3 is 19.3 Å². The van der Waals surface area contributed by atoms with Crippen molar-refractivity contribution >= 4 is 17.0 Å². The molecule has 1 aliphatic carbocycles. The number of fused-ring (bicyclic) bond motifs is 2. The third-order valence-electron chi connectivity index (χ3n) is 6.52. The predicted molar refractivity (Wildman–Crippen MR) is 98.0 cm³/mol. The van der Waals surface area contributed by atoms with E-state index in [0.29, 0.717) is 38.3 Å². The quantitative estimate of drug-likeness (QED) is 0.907. The molecule has 3 aliphatic rings. The molecule has 0 amide bonds. The Morgan fingerprint density at radius 3 is 3.00 bits per heavy atom. The standard InChI is InChI=1S/C19H27N5O2/c1-13-8-14-4-2-3-5-15(14)24(13)18-16-17(20-11-21-18)23(12-22-16)9-19(25)6-7-26-10-19/h11-15,25H,2-10H2,1H3. The van der Waals surface area contributed by atoms with Crippen molar-refractivity contribution in [2.75, 3.05) is 18.1 Å². The highest BCUT2D eigenvalue weighted by Gasteiger charge is 2.42. The number of nitrogens with zero attached hydrogens (tertiary/aromatic N) is 5. The Kier molecular flexibility index (Phi) is 3.90. The molecule has 5 rings (SSSR count). The summed E-state index contributed by atoms with van der Waals surface area (Å²) >= 11 is 0. The Morgan fingerprint density at radius 2 is 2.15 bits per heavy atom. The molecule has 4 unspecified atom stereocenters. The van der Waals surface area contributed by atoms with E-state index in [1.54, 1.807) is 12.7 Å². The van der Waals surface area contributed by atoms with Gasteiger partial charge in [-0.25, -0.2) is 15.0 Å². The van der Waals surface area contributed by atoms with Crippen molar-refractivity contribution in [1.29, 1.82) is 0 Å². The Morgan fingerprint density at radius 1 is 1.27 bits per heavy atom. The van der Waals surface area contributed by atoms with E-state index in [1.807, 2.05) is 4.57 Å². The molecule has 26 heavy (non-hydrogen) atoms. The highest BCUT2D eigenvalue weighted by atomic mass is 16.5. The predicted octanol–water partition coefficient (Wildman–Crippen LogP) is 2.14. The van der Waals surface area contributed by atoms with Crippen LogP contribution >= 0.6 is 0 Å². The lowest BCUT2D eigenvalue weighted by Gasteiger charge is -2.34. The third kappa shape index (κ3) is 2.60. The van der Waals surface area contributed by atoms with Crippen LogP contribution in [0.3, 0.4) is 0 Å². The summed E-state index contributed by atoms with van der Waals surface area (Å²) in [7, 11) is 0. The summed E-state index contributed by atoms with van der Waals surface area (Å²) in [5.41, 5.74) is 0.837. The van der Waals surface area contributed by atoms with Crippen LogP contribution in [-0.4, -0.2) is 55.5 Å². The Bertz CT molecular complexity index is 800. The van der Waals surface area contributed by atoms with Crippen molar-refractivity contribution in [1.82, 2.24) is 19.5 Å². The van der Waals surface area contributed by atoms with Crippen molar-refractivity contribution in [2.24, 2.45) is 5.92 Å². The molecule has 2 aliphatic heterocycles. The average molecular weight is 357 g/mol. The summed E-state index contributed by atoms with van der Waals surface area (Å²) in [4.78, 5) is 16.3. The first-order chi connectivity index (χ1) is 12.6. The maximum Gasteiger partial charge on any atom is 0.165 e. The molecular weight excluding hydrogens is 330 g/mol. The van der Waals surface area contributed by atoms with Crippen LogP contribution in [0.2, 0.25) is 0 Å². The molecule has 1 saturated carbocycles. The maximum absolute atomic E-state index is 10.7. The largest absolute Gasteiger partial charge is 0.386 e. The molecule has 140 valence electrons. The minimum Gasteiger partial charge on any atom is -0.386 e. The molecule has 1 N–H and O–H groups in total. The zero-order valence-corrected chi connectivity index (χ0v) is 15.3. The minimum absolute atomic E-state index is 0.373. The molecule has 7 heteroatoms. The zero-order chi connectivity index (χ0) is 17.7. The van der Waals surface area contributed by atoms with Gasteiger partial charge in [0.2, 0.25) is 0 Å². The highest BCUT2D eigenvalue weighted by molar-refractivity contribution is 5.84. The van der Waals surface area contributed by atoms with Gasteiger partial charge in [-0.2, -0.15) is 0 Å². The van der Waals surface area contributed by atoms with Gasteiger partial charge in [0.05, 0.1) is 19.5 Å². The van der Waals surface area contributed by atoms with E-state index in [-0.39, 0.29) is 0 Å². The van der Waals surface area contributed by atoms with Crippen LogP contribution in [0.5, 0.6) is 0 Å². The summed E-state index contributed by atoms with van der Waals surface area (Å²) < 4.78 is 7.33. The second kappa shape index (κ2) is 6.16. The van der Waals surface area contributed by atoms with E-state index in [2.05, 4.69) is 26.8 Å².